The molecule has 1 saturated heterocycles. The molecule has 1 atom stereocenters. The molecule has 1 aliphatic heterocycles. The number of rotatable bonds is 5. The number of piperazine rings is 1. The normalized spacial score (nSPS) is 17.4. The highest BCUT2D eigenvalue weighted by molar-refractivity contribution is 7.13. The largest absolute Gasteiger partial charge is 0.403 e. The van der Waals surface area contributed by atoms with Crippen molar-refractivity contribution >= 4 is 17.3 Å². The summed E-state index contributed by atoms with van der Waals surface area (Å²) in [4.78, 5) is 12.5. The smallest absolute Gasteiger partial charge is 0.356 e. The number of nitrogens with one attached hydrogen (secondary N) is 1. The minimum absolute atomic E-state index is 0.369. The number of hydrogen-bond acceptors (Lipinski definition) is 4. The van der Waals surface area contributed by atoms with E-state index in [0.717, 1.165) is 28.6 Å². The molecule has 1 unspecified atom stereocenters. The maximum Gasteiger partial charge on any atom is 0.403 e. The van der Waals surface area contributed by atoms with Gasteiger partial charge in [-0.25, -0.2) is 4.98 Å². The molecule has 1 N–H and O–H groups in total. The zero-order valence-corrected chi connectivity index (χ0v) is 17.4. The zero-order valence-electron chi connectivity index (χ0n) is 16.6. The monoisotopic (exact) mass is 425 g/mol. The fraction of sp³-hybridized carbons (Fsp3) is 0.500. The Morgan fingerprint density at radius 2 is 1.90 bits per heavy atom. The van der Waals surface area contributed by atoms with Gasteiger partial charge in [0.05, 0.1) is 5.69 Å². The highest BCUT2D eigenvalue weighted by Crippen LogP contribution is 2.25. The molecule has 0 spiro atoms. The van der Waals surface area contributed by atoms with E-state index >= 15 is 0 Å². The molecule has 5 nitrogen and oxygen atoms in total. The van der Waals surface area contributed by atoms with Crippen molar-refractivity contribution in [3.63, 3.8) is 0 Å². The molecule has 0 aliphatic carbocycles. The summed E-state index contributed by atoms with van der Waals surface area (Å²) in [6.45, 7) is 3.68. The molecule has 3 rings (SSSR count). The van der Waals surface area contributed by atoms with E-state index in [1.807, 2.05) is 35.2 Å². The summed E-state index contributed by atoms with van der Waals surface area (Å²) in [7, 11) is 1.70. The van der Waals surface area contributed by atoms with Crippen LogP contribution in [0.4, 0.5) is 13.2 Å². The zero-order chi connectivity index (χ0) is 20.9. The molecule has 2 aromatic rings. The predicted octanol–water partition coefficient (Wildman–Crippen LogP) is 3.50. The molecule has 29 heavy (non-hydrogen) atoms. The van der Waals surface area contributed by atoms with Gasteiger partial charge in [0.2, 0.25) is 0 Å². The Balaban J connectivity index is 1.46. The molecule has 0 saturated carbocycles. The van der Waals surface area contributed by atoms with Crippen molar-refractivity contribution in [2.75, 3.05) is 39.8 Å². The van der Waals surface area contributed by atoms with Crippen molar-refractivity contribution in [3.8, 4) is 10.6 Å². The summed E-state index contributed by atoms with van der Waals surface area (Å²) in [5.74, 6) is 0.725. The first kappa shape index (κ1) is 21.6. The Morgan fingerprint density at radius 1 is 1.21 bits per heavy atom. The van der Waals surface area contributed by atoms with Crippen LogP contribution in [-0.4, -0.2) is 72.7 Å². The second-order valence-corrected chi connectivity index (χ2v) is 7.83. The summed E-state index contributed by atoms with van der Waals surface area (Å²) >= 11 is 1.62. The third kappa shape index (κ3) is 5.70. The summed E-state index contributed by atoms with van der Waals surface area (Å²) in [5.41, 5.74) is 2.12. The van der Waals surface area contributed by atoms with Crippen molar-refractivity contribution in [2.45, 2.75) is 25.6 Å². The Kier molecular flexibility index (Phi) is 7.13. The number of aromatic nitrogens is 1. The highest BCUT2D eigenvalue weighted by Gasteiger charge is 2.41. The van der Waals surface area contributed by atoms with Gasteiger partial charge in [0.25, 0.3) is 0 Å². The average Bonchev–Trinajstić information content (AvgIpc) is 3.20. The maximum absolute atomic E-state index is 12.9. The lowest BCUT2D eigenvalue weighted by Gasteiger charge is -2.39. The molecular weight excluding hydrogens is 399 g/mol. The van der Waals surface area contributed by atoms with E-state index in [-0.39, 0.29) is 0 Å². The molecule has 0 radical (unpaired) electrons. The van der Waals surface area contributed by atoms with Crippen LogP contribution in [0.15, 0.2) is 40.7 Å². The number of aliphatic imine (C=N–C) groups is 1. The van der Waals surface area contributed by atoms with E-state index in [9.17, 15) is 13.2 Å². The van der Waals surface area contributed by atoms with Crippen LogP contribution in [0.1, 0.15) is 12.6 Å². The molecule has 2 heterocycles. The first-order chi connectivity index (χ1) is 13.9. The van der Waals surface area contributed by atoms with Gasteiger partial charge >= 0.3 is 6.18 Å². The Morgan fingerprint density at radius 3 is 2.52 bits per heavy atom. The van der Waals surface area contributed by atoms with E-state index < -0.39 is 12.2 Å². The molecular formula is C20H26F3N5S. The number of alkyl halides is 3. The lowest BCUT2D eigenvalue weighted by Crippen LogP contribution is -2.56. The quantitative estimate of drug-likeness (QED) is 0.588. The molecule has 1 aromatic carbocycles. The average molecular weight is 426 g/mol. The predicted molar refractivity (Wildman–Crippen MR) is 111 cm³/mol. The van der Waals surface area contributed by atoms with Crippen LogP contribution in [0.3, 0.4) is 0 Å². The molecule has 0 amide bonds. The van der Waals surface area contributed by atoms with Gasteiger partial charge < -0.3 is 10.2 Å². The number of hydrogen-bond donors (Lipinski definition) is 1. The second-order valence-electron chi connectivity index (χ2n) is 6.97. The summed E-state index contributed by atoms with van der Waals surface area (Å²) in [5, 5.41) is 6.37. The fourth-order valence-electron chi connectivity index (χ4n) is 3.30. The van der Waals surface area contributed by atoms with Gasteiger partial charge in [0.15, 0.2) is 5.96 Å². The van der Waals surface area contributed by atoms with Crippen molar-refractivity contribution in [2.24, 2.45) is 4.99 Å². The van der Waals surface area contributed by atoms with E-state index in [0.29, 0.717) is 32.7 Å². The van der Waals surface area contributed by atoms with E-state index in [4.69, 9.17) is 0 Å². The minimum atomic E-state index is -4.19. The minimum Gasteiger partial charge on any atom is -0.356 e. The van der Waals surface area contributed by atoms with Crippen LogP contribution in [0.2, 0.25) is 0 Å². The van der Waals surface area contributed by atoms with Crippen molar-refractivity contribution in [1.82, 2.24) is 20.1 Å². The third-order valence-electron chi connectivity index (χ3n) is 5.08. The standard InChI is InChI=1S/C20H26F3N5S/c1-15(20(21,22)23)27-10-12-28(13-11-27)19(24-2)25-9-8-17-14-29-18(26-17)16-6-4-3-5-7-16/h3-7,14-15H,8-13H2,1-2H3,(H,24,25). The summed E-state index contributed by atoms with van der Waals surface area (Å²) < 4.78 is 38.7. The van der Waals surface area contributed by atoms with Crippen LogP contribution in [-0.2, 0) is 6.42 Å². The molecule has 1 aliphatic rings. The fourth-order valence-corrected chi connectivity index (χ4v) is 4.16. The van der Waals surface area contributed by atoms with Crippen molar-refractivity contribution in [3.05, 3.63) is 41.4 Å². The summed E-state index contributed by atoms with van der Waals surface area (Å²) in [6.07, 6.45) is -3.43. The number of nitrogens with zero attached hydrogens (tertiary/aromatic N) is 4. The Bertz CT molecular complexity index is 798. The van der Waals surface area contributed by atoms with E-state index in [1.165, 1.54) is 11.8 Å². The number of benzene rings is 1. The molecule has 158 valence electrons. The first-order valence-electron chi connectivity index (χ1n) is 9.64. The third-order valence-corrected chi connectivity index (χ3v) is 6.02. The van der Waals surface area contributed by atoms with Gasteiger partial charge in [-0.1, -0.05) is 30.3 Å². The van der Waals surface area contributed by atoms with Gasteiger partial charge in [-0.2, -0.15) is 13.2 Å². The van der Waals surface area contributed by atoms with Crippen LogP contribution in [0, 0.1) is 0 Å². The van der Waals surface area contributed by atoms with Crippen LogP contribution < -0.4 is 5.32 Å². The van der Waals surface area contributed by atoms with Gasteiger partial charge in [-0.15, -0.1) is 11.3 Å². The molecule has 9 heteroatoms. The van der Waals surface area contributed by atoms with Crippen LogP contribution in [0.25, 0.3) is 10.6 Å². The maximum atomic E-state index is 12.9. The molecule has 1 fully saturated rings. The number of halogens is 3. The topological polar surface area (TPSA) is 43.8 Å². The molecule has 1 aromatic heterocycles. The Hall–Kier alpha value is -2.13. The van der Waals surface area contributed by atoms with Crippen molar-refractivity contribution in [1.29, 1.82) is 0 Å². The van der Waals surface area contributed by atoms with Gasteiger partial charge in [-0.05, 0) is 6.92 Å². The number of thiazole rings is 1. The van der Waals surface area contributed by atoms with Crippen molar-refractivity contribution < 1.29 is 13.2 Å². The Labute approximate surface area is 173 Å². The lowest BCUT2D eigenvalue weighted by atomic mass is 10.2. The van der Waals surface area contributed by atoms with Gasteiger partial charge in [0.1, 0.15) is 11.0 Å². The molecule has 0 bridgehead atoms. The van der Waals surface area contributed by atoms with Gasteiger partial charge in [0, 0.05) is 57.1 Å². The summed E-state index contributed by atoms with van der Waals surface area (Å²) in [6, 6.07) is 8.65. The van der Waals surface area contributed by atoms with E-state index in [2.05, 4.69) is 20.7 Å². The van der Waals surface area contributed by atoms with E-state index in [1.54, 1.807) is 18.4 Å². The lowest BCUT2D eigenvalue weighted by molar-refractivity contribution is -0.181. The number of guanidine groups is 1. The van der Waals surface area contributed by atoms with Crippen LogP contribution >= 0.6 is 11.3 Å². The highest BCUT2D eigenvalue weighted by atomic mass is 32.1. The van der Waals surface area contributed by atoms with Gasteiger partial charge in [-0.3, -0.25) is 9.89 Å². The van der Waals surface area contributed by atoms with Crippen LogP contribution in [0.5, 0.6) is 0 Å². The SMILES string of the molecule is CN=C(NCCc1csc(-c2ccccc2)n1)N1CCN(C(C)C(F)(F)F)CC1. The first-order valence-corrected chi connectivity index (χ1v) is 10.5. The second kappa shape index (κ2) is 9.58.